The van der Waals surface area contributed by atoms with Gasteiger partial charge < -0.3 is 15.4 Å². The molecule has 0 aliphatic carbocycles. The van der Waals surface area contributed by atoms with Gasteiger partial charge in [-0.05, 0) is 50.2 Å². The number of methoxy groups -OCH3 is 1. The SMILES string of the molecule is COc1ccc([N+](=O)[O-])cc1NC(=O)c1ccc(Nc2nc(C)cc(C)n2)cc1. The second-order valence-corrected chi connectivity index (χ2v) is 6.27. The molecule has 2 aromatic carbocycles. The number of aromatic nitrogens is 2. The Labute approximate surface area is 166 Å². The monoisotopic (exact) mass is 393 g/mol. The second kappa shape index (κ2) is 8.34. The molecule has 0 aliphatic rings. The maximum atomic E-state index is 12.5. The molecule has 0 saturated heterocycles. The van der Waals surface area contributed by atoms with Crippen LogP contribution in [-0.2, 0) is 0 Å². The van der Waals surface area contributed by atoms with Crippen LogP contribution in [0, 0.1) is 24.0 Å². The summed E-state index contributed by atoms with van der Waals surface area (Å²) in [6.45, 7) is 3.77. The highest BCUT2D eigenvalue weighted by molar-refractivity contribution is 6.05. The third-order valence-electron chi connectivity index (χ3n) is 4.03. The van der Waals surface area contributed by atoms with Gasteiger partial charge in [-0.3, -0.25) is 14.9 Å². The lowest BCUT2D eigenvalue weighted by molar-refractivity contribution is -0.384. The lowest BCUT2D eigenvalue weighted by Gasteiger charge is -2.11. The second-order valence-electron chi connectivity index (χ2n) is 6.27. The smallest absolute Gasteiger partial charge is 0.271 e. The van der Waals surface area contributed by atoms with E-state index >= 15 is 0 Å². The van der Waals surface area contributed by atoms with Crippen LogP contribution in [0.1, 0.15) is 21.7 Å². The largest absolute Gasteiger partial charge is 0.495 e. The average Bonchev–Trinajstić information content (AvgIpc) is 2.67. The van der Waals surface area contributed by atoms with Crippen LogP contribution in [0.15, 0.2) is 48.5 Å². The Morgan fingerprint density at radius 1 is 1.03 bits per heavy atom. The number of hydrogen-bond donors (Lipinski definition) is 2. The Hall–Kier alpha value is -4.01. The predicted octanol–water partition coefficient (Wildman–Crippen LogP) is 4.01. The number of nitro benzene ring substituents is 1. The number of hydrogen-bond acceptors (Lipinski definition) is 7. The number of nitro groups is 1. The van der Waals surface area contributed by atoms with Crippen LogP contribution in [0.4, 0.5) is 23.0 Å². The Balaban J connectivity index is 1.75. The molecular weight excluding hydrogens is 374 g/mol. The first-order chi connectivity index (χ1) is 13.9. The first-order valence-electron chi connectivity index (χ1n) is 8.69. The minimum Gasteiger partial charge on any atom is -0.495 e. The van der Waals surface area contributed by atoms with Crippen LogP contribution in [0.5, 0.6) is 5.75 Å². The van der Waals surface area contributed by atoms with Crippen molar-refractivity contribution in [1.82, 2.24) is 9.97 Å². The first kappa shape index (κ1) is 19.7. The van der Waals surface area contributed by atoms with Gasteiger partial charge in [-0.2, -0.15) is 0 Å². The van der Waals surface area contributed by atoms with Crippen LogP contribution >= 0.6 is 0 Å². The van der Waals surface area contributed by atoms with E-state index in [-0.39, 0.29) is 11.4 Å². The molecule has 0 fully saturated rings. The average molecular weight is 393 g/mol. The van der Waals surface area contributed by atoms with Gasteiger partial charge in [-0.25, -0.2) is 9.97 Å². The van der Waals surface area contributed by atoms with Crippen molar-refractivity contribution in [2.75, 3.05) is 17.7 Å². The highest BCUT2D eigenvalue weighted by Crippen LogP contribution is 2.29. The fourth-order valence-corrected chi connectivity index (χ4v) is 2.72. The van der Waals surface area contributed by atoms with Gasteiger partial charge in [0, 0.05) is 34.8 Å². The van der Waals surface area contributed by atoms with Crippen LogP contribution in [0.3, 0.4) is 0 Å². The highest BCUT2D eigenvalue weighted by atomic mass is 16.6. The summed E-state index contributed by atoms with van der Waals surface area (Å²) in [5.41, 5.74) is 2.88. The number of carbonyl (C=O) groups is 1. The van der Waals surface area contributed by atoms with E-state index in [1.165, 1.54) is 25.3 Å². The fraction of sp³-hybridized carbons (Fsp3) is 0.150. The molecule has 1 aromatic heterocycles. The molecule has 0 unspecified atom stereocenters. The zero-order valence-electron chi connectivity index (χ0n) is 16.1. The van der Waals surface area contributed by atoms with E-state index in [1.807, 2.05) is 19.9 Å². The topological polar surface area (TPSA) is 119 Å². The van der Waals surface area contributed by atoms with Gasteiger partial charge in [0.1, 0.15) is 5.75 Å². The van der Waals surface area contributed by atoms with E-state index in [9.17, 15) is 14.9 Å². The van der Waals surface area contributed by atoms with Gasteiger partial charge in [0.15, 0.2) is 0 Å². The van der Waals surface area contributed by atoms with Crippen LogP contribution < -0.4 is 15.4 Å². The van der Waals surface area contributed by atoms with Crippen molar-refractivity contribution in [3.8, 4) is 5.75 Å². The zero-order chi connectivity index (χ0) is 21.0. The zero-order valence-corrected chi connectivity index (χ0v) is 16.1. The number of nitrogens with one attached hydrogen (secondary N) is 2. The molecule has 0 bridgehead atoms. The maximum absolute atomic E-state index is 12.5. The van der Waals surface area contributed by atoms with Crippen molar-refractivity contribution < 1.29 is 14.5 Å². The van der Waals surface area contributed by atoms with Crippen molar-refractivity contribution in [3.63, 3.8) is 0 Å². The fourth-order valence-electron chi connectivity index (χ4n) is 2.72. The van der Waals surface area contributed by atoms with Gasteiger partial charge >= 0.3 is 0 Å². The molecule has 29 heavy (non-hydrogen) atoms. The number of non-ortho nitro benzene ring substituents is 1. The number of ether oxygens (including phenoxy) is 1. The molecule has 0 radical (unpaired) electrons. The normalized spacial score (nSPS) is 10.3. The Kier molecular flexibility index (Phi) is 5.68. The standard InChI is InChI=1S/C20H19N5O4/c1-12-10-13(2)22-20(21-12)23-15-6-4-14(5-7-15)19(26)24-17-11-16(25(27)28)8-9-18(17)29-3/h4-11H,1-3H3,(H,24,26)(H,21,22,23). The third-order valence-corrected chi connectivity index (χ3v) is 4.03. The lowest BCUT2D eigenvalue weighted by atomic mass is 10.2. The van der Waals surface area contributed by atoms with Gasteiger partial charge in [-0.1, -0.05) is 0 Å². The van der Waals surface area contributed by atoms with E-state index in [0.29, 0.717) is 17.3 Å². The lowest BCUT2D eigenvalue weighted by Crippen LogP contribution is -2.13. The van der Waals surface area contributed by atoms with Crippen LogP contribution in [-0.4, -0.2) is 27.9 Å². The summed E-state index contributed by atoms with van der Waals surface area (Å²) in [6.07, 6.45) is 0. The molecule has 9 nitrogen and oxygen atoms in total. The van der Waals surface area contributed by atoms with E-state index in [4.69, 9.17) is 4.74 Å². The molecule has 0 spiro atoms. The van der Waals surface area contributed by atoms with Crippen LogP contribution in [0.25, 0.3) is 0 Å². The molecule has 3 aromatic rings. The number of anilines is 3. The molecule has 1 heterocycles. The number of rotatable bonds is 6. The molecule has 1 amide bonds. The van der Waals surface area contributed by atoms with Gasteiger partial charge in [-0.15, -0.1) is 0 Å². The van der Waals surface area contributed by atoms with Crippen molar-refractivity contribution in [2.24, 2.45) is 0 Å². The number of aryl methyl sites for hydroxylation is 2. The van der Waals surface area contributed by atoms with Crippen molar-refractivity contribution >= 4 is 28.9 Å². The van der Waals surface area contributed by atoms with Crippen LogP contribution in [0.2, 0.25) is 0 Å². The summed E-state index contributed by atoms with van der Waals surface area (Å²) < 4.78 is 5.16. The Morgan fingerprint density at radius 2 is 1.69 bits per heavy atom. The minimum atomic E-state index is -0.537. The molecular formula is C20H19N5O4. The van der Waals surface area contributed by atoms with E-state index < -0.39 is 10.8 Å². The molecule has 2 N–H and O–H groups in total. The molecule has 0 atom stereocenters. The van der Waals surface area contributed by atoms with Crippen molar-refractivity contribution in [2.45, 2.75) is 13.8 Å². The summed E-state index contributed by atoms with van der Waals surface area (Å²) in [6, 6.07) is 12.6. The van der Waals surface area contributed by atoms with Gasteiger partial charge in [0.2, 0.25) is 5.95 Å². The molecule has 148 valence electrons. The summed E-state index contributed by atoms with van der Waals surface area (Å²) in [7, 11) is 1.42. The maximum Gasteiger partial charge on any atom is 0.271 e. The Bertz CT molecular complexity index is 1050. The number of amides is 1. The van der Waals surface area contributed by atoms with E-state index in [2.05, 4.69) is 20.6 Å². The summed E-state index contributed by atoms with van der Waals surface area (Å²) >= 11 is 0. The quantitative estimate of drug-likeness (QED) is 0.480. The Morgan fingerprint density at radius 3 is 2.28 bits per heavy atom. The van der Waals surface area contributed by atoms with Gasteiger partial charge in [0.25, 0.3) is 11.6 Å². The first-order valence-corrected chi connectivity index (χ1v) is 8.69. The van der Waals surface area contributed by atoms with E-state index in [1.54, 1.807) is 24.3 Å². The molecule has 9 heteroatoms. The number of carbonyl (C=O) groups excluding carboxylic acids is 1. The predicted molar refractivity (Wildman–Crippen MR) is 109 cm³/mol. The van der Waals surface area contributed by atoms with Gasteiger partial charge in [0.05, 0.1) is 17.7 Å². The van der Waals surface area contributed by atoms with E-state index in [0.717, 1.165) is 17.1 Å². The summed E-state index contributed by atoms with van der Waals surface area (Å²) in [5.74, 6) is 0.383. The third kappa shape index (κ3) is 4.83. The molecule has 0 aliphatic heterocycles. The van der Waals surface area contributed by atoms with Crippen molar-refractivity contribution in [1.29, 1.82) is 0 Å². The number of nitrogens with zero attached hydrogens (tertiary/aromatic N) is 3. The minimum absolute atomic E-state index is 0.144. The summed E-state index contributed by atoms with van der Waals surface area (Å²) in [5, 5.41) is 16.7. The van der Waals surface area contributed by atoms with Crippen molar-refractivity contribution in [3.05, 3.63) is 75.6 Å². The molecule has 0 saturated carbocycles. The highest BCUT2D eigenvalue weighted by Gasteiger charge is 2.15. The molecule has 3 rings (SSSR count). The summed E-state index contributed by atoms with van der Waals surface area (Å²) in [4.78, 5) is 31.6. The number of benzene rings is 2.